The molecule has 0 fully saturated rings. The lowest BCUT2D eigenvalue weighted by molar-refractivity contribution is 0.426. The van der Waals surface area contributed by atoms with Crippen LogP contribution in [0.4, 0.5) is 11.4 Å². The highest BCUT2D eigenvalue weighted by atomic mass is 127. The van der Waals surface area contributed by atoms with Gasteiger partial charge in [0.05, 0.1) is 31.5 Å². The maximum absolute atomic E-state index is 9.87. The third-order valence-corrected chi connectivity index (χ3v) is 21.2. The van der Waals surface area contributed by atoms with Crippen LogP contribution in [0.25, 0.3) is 86.3 Å². The molecule has 18 heteroatoms. The van der Waals surface area contributed by atoms with E-state index >= 15 is 0 Å². The SMILES string of the molecule is C.C.CC1(C)c2ccccc2-c2ccc(Nc3ccc4c(c3)sc3ccccc34)cc21.Clc1cccc2oc3c(Br)cccc3c12.Clc1cccc2oc3c(Br)cccc3c12.OB(O)c1ccccc1Cl.Oc1c(Br)cccc1-c1ccccc1Cl.Oc1c(Br)cccc1I. The Bertz CT molecular complexity index is 5100. The lowest BCUT2D eigenvalue weighted by Crippen LogP contribution is -2.30. The van der Waals surface area contributed by atoms with Gasteiger partial charge in [0.2, 0.25) is 0 Å². The van der Waals surface area contributed by atoms with E-state index in [0.29, 0.717) is 25.7 Å². The minimum Gasteiger partial charge on any atom is -0.506 e. The third kappa shape index (κ3) is 16.1. The third-order valence-electron chi connectivity index (χ3n) is 15.4. The molecular weight excluding hydrogens is 1670 g/mol. The Labute approximate surface area is 623 Å². The topological polar surface area (TPSA) is 119 Å². The van der Waals surface area contributed by atoms with Crippen LogP contribution in [0.2, 0.25) is 20.1 Å². The quantitative estimate of drug-likeness (QED) is 0.0880. The van der Waals surface area contributed by atoms with E-state index in [1.165, 1.54) is 42.4 Å². The highest BCUT2D eigenvalue weighted by molar-refractivity contribution is 14.1. The Morgan fingerprint density at radius 1 is 0.421 bits per heavy atom. The van der Waals surface area contributed by atoms with Gasteiger partial charge in [-0.05, 0) is 206 Å². The van der Waals surface area contributed by atoms with Crippen molar-refractivity contribution in [2.75, 3.05) is 5.32 Å². The molecular formula is C77H59BBr4Cl4INO6S. The number of nitrogens with one attached hydrogen (secondary N) is 1. The maximum atomic E-state index is 9.87. The predicted octanol–water partition coefficient (Wildman–Crippen LogP) is 26.6. The number of phenolic OH excluding ortho intramolecular Hbond substituents is 2. The van der Waals surface area contributed by atoms with E-state index < -0.39 is 7.12 Å². The number of hydrogen-bond acceptors (Lipinski definition) is 8. The maximum Gasteiger partial charge on any atom is 0.489 e. The van der Waals surface area contributed by atoms with Crippen LogP contribution in [-0.2, 0) is 5.41 Å². The zero-order valence-corrected chi connectivity index (χ0v) is 61.4. The fourth-order valence-corrected chi connectivity index (χ4v) is 15.5. The van der Waals surface area contributed by atoms with E-state index in [4.69, 9.17) is 70.4 Å². The second kappa shape index (κ2) is 32.3. The first-order valence-corrected chi connectivity index (χ1v) is 35.3. The molecule has 0 spiro atoms. The number of furan rings is 2. The lowest BCUT2D eigenvalue weighted by Gasteiger charge is -2.22. The smallest absolute Gasteiger partial charge is 0.489 e. The van der Waals surface area contributed by atoms with Gasteiger partial charge in [-0.15, -0.1) is 11.3 Å². The second-order valence-corrected chi connectivity index (χ2v) is 28.9. The van der Waals surface area contributed by atoms with Crippen LogP contribution in [0, 0.1) is 3.57 Å². The molecule has 5 N–H and O–H groups in total. The number of fused-ring (bicyclic) bond motifs is 12. The van der Waals surface area contributed by atoms with Gasteiger partial charge in [0.25, 0.3) is 0 Å². The van der Waals surface area contributed by atoms with E-state index in [9.17, 15) is 5.11 Å². The van der Waals surface area contributed by atoms with Gasteiger partial charge in [0.1, 0.15) is 33.8 Å². The zero-order chi connectivity index (χ0) is 65.7. The van der Waals surface area contributed by atoms with Gasteiger partial charge in [-0.3, -0.25) is 0 Å². The summed E-state index contributed by atoms with van der Waals surface area (Å²) >= 11 is 41.3. The van der Waals surface area contributed by atoms with E-state index in [1.54, 1.807) is 42.5 Å². The molecule has 3 heterocycles. The van der Waals surface area contributed by atoms with Gasteiger partial charge < -0.3 is 34.4 Å². The summed E-state index contributed by atoms with van der Waals surface area (Å²) in [6.45, 7) is 4.65. The van der Waals surface area contributed by atoms with Gasteiger partial charge in [0, 0.05) is 85.1 Å². The molecule has 12 aromatic carbocycles. The number of halogens is 9. The Hall–Kier alpha value is -6.35. The van der Waals surface area contributed by atoms with Crippen molar-refractivity contribution in [3.8, 4) is 33.8 Å². The number of rotatable bonds is 4. The predicted molar refractivity (Wildman–Crippen MR) is 429 cm³/mol. The van der Waals surface area contributed by atoms with Crippen molar-refractivity contribution in [3.05, 3.63) is 295 Å². The first kappa shape index (κ1) is 72.9. The Kier molecular flexibility index (Phi) is 24.8. The van der Waals surface area contributed by atoms with E-state index in [1.807, 2.05) is 127 Å². The number of aromatic hydroxyl groups is 2. The standard InChI is InChI=1S/C27H21NS.2C12H6BrClO.C12H8BrClO.C6H6BClO2.C6H4BrIO.2CH4/c1-27(2)23-9-5-3-7-19(23)20-13-11-17(15-24(20)27)28-18-12-14-22-21-8-4-6-10-25(21)29-26(22)16-18;2*13-8-4-1-3-7-11-9(14)5-2-6-10(11)15-12(7)8;13-10-6-3-5-9(12(10)15)8-4-1-2-7-11(8)14;8-6-4-2-1-3-5(6)7(9)10;7-4-2-1-3-5(8)6(4)9;;/h3-16,28H,1-2H3;2*1-6H;1-7,15H;1-4,9-10H;1-3,9H;2*1H4. The summed E-state index contributed by atoms with van der Waals surface area (Å²) in [6, 6.07) is 79.2. The molecule has 7 nitrogen and oxygen atoms in total. The van der Waals surface area contributed by atoms with Crippen molar-refractivity contribution in [2.45, 2.75) is 34.1 Å². The van der Waals surface area contributed by atoms with Crippen LogP contribution in [0.1, 0.15) is 39.8 Å². The monoisotopic (exact) mass is 1720 g/mol. The Morgan fingerprint density at radius 3 is 1.46 bits per heavy atom. The number of para-hydroxylation sites is 4. The van der Waals surface area contributed by atoms with Crippen molar-refractivity contribution >= 4 is 232 Å². The normalized spacial score (nSPS) is 11.4. The van der Waals surface area contributed by atoms with Crippen molar-refractivity contribution in [3.63, 3.8) is 0 Å². The average Bonchev–Trinajstić information content (AvgIpc) is 1.58. The summed E-state index contributed by atoms with van der Waals surface area (Å²) in [7, 11) is -1.48. The van der Waals surface area contributed by atoms with Gasteiger partial charge in [-0.1, -0.05) is 221 Å². The first-order valence-electron chi connectivity index (χ1n) is 28.7. The number of thiophene rings is 1. The molecule has 1 aliphatic carbocycles. The van der Waals surface area contributed by atoms with Crippen molar-refractivity contribution in [1.29, 1.82) is 0 Å². The molecule has 15 aromatic rings. The van der Waals surface area contributed by atoms with Crippen molar-refractivity contribution in [2.24, 2.45) is 0 Å². The molecule has 0 atom stereocenters. The summed E-state index contributed by atoms with van der Waals surface area (Å²) in [5.41, 5.74) is 13.1. The first-order chi connectivity index (χ1) is 44.8. The number of hydrogen-bond donors (Lipinski definition) is 5. The van der Waals surface area contributed by atoms with Crippen LogP contribution < -0.4 is 10.8 Å². The highest BCUT2D eigenvalue weighted by Gasteiger charge is 2.35. The molecule has 0 unspecified atom stereocenters. The largest absolute Gasteiger partial charge is 0.506 e. The van der Waals surface area contributed by atoms with E-state index in [0.717, 1.165) is 93.4 Å². The van der Waals surface area contributed by atoms with Crippen LogP contribution >= 0.6 is 144 Å². The fourth-order valence-electron chi connectivity index (χ4n) is 10.9. The van der Waals surface area contributed by atoms with Gasteiger partial charge in [-0.25, -0.2) is 0 Å². The summed E-state index contributed by atoms with van der Waals surface area (Å²) < 4.78 is 18.3. The zero-order valence-electron chi connectivity index (χ0n) is 49.1. The van der Waals surface area contributed by atoms with Crippen LogP contribution in [0.3, 0.4) is 0 Å². The summed E-state index contributed by atoms with van der Waals surface area (Å²) in [4.78, 5) is 0. The molecule has 0 aliphatic heterocycles. The molecule has 95 heavy (non-hydrogen) atoms. The van der Waals surface area contributed by atoms with Crippen LogP contribution in [0.15, 0.2) is 269 Å². The molecule has 0 saturated heterocycles. The summed E-state index contributed by atoms with van der Waals surface area (Å²) in [5.74, 6) is 0.531. The minimum absolute atomic E-state index is 0. The van der Waals surface area contributed by atoms with Crippen LogP contribution in [-0.4, -0.2) is 27.4 Å². The lowest BCUT2D eigenvalue weighted by atomic mass is 9.80. The minimum atomic E-state index is -1.48. The van der Waals surface area contributed by atoms with Gasteiger partial charge >= 0.3 is 7.12 Å². The molecule has 0 bridgehead atoms. The molecule has 0 radical (unpaired) electrons. The Balaban J connectivity index is 0.000000140. The van der Waals surface area contributed by atoms with E-state index in [2.05, 4.69) is 190 Å². The fraction of sp³-hybridized carbons (Fsp3) is 0.0649. The molecule has 0 amide bonds. The van der Waals surface area contributed by atoms with Crippen LogP contribution in [0.5, 0.6) is 11.5 Å². The van der Waals surface area contributed by atoms with Gasteiger partial charge in [0.15, 0.2) is 0 Å². The number of anilines is 2. The average molecular weight is 1730 g/mol. The second-order valence-electron chi connectivity index (χ2n) is 21.6. The van der Waals surface area contributed by atoms with Crippen molar-refractivity contribution < 1.29 is 29.1 Å². The van der Waals surface area contributed by atoms with Gasteiger partial charge in [-0.2, -0.15) is 0 Å². The van der Waals surface area contributed by atoms with E-state index in [-0.39, 0.29) is 26.0 Å². The molecule has 1 aliphatic rings. The molecule has 0 saturated carbocycles. The molecule has 3 aromatic heterocycles. The summed E-state index contributed by atoms with van der Waals surface area (Å²) in [6.07, 6.45) is 0. The molecule has 16 rings (SSSR count). The number of benzene rings is 12. The summed E-state index contributed by atoms with van der Waals surface area (Å²) in [5, 5.41) is 49.2. The molecule has 480 valence electrons. The highest BCUT2D eigenvalue weighted by Crippen LogP contribution is 2.50. The number of phenols is 2. The Morgan fingerprint density at radius 2 is 0.874 bits per heavy atom. The van der Waals surface area contributed by atoms with Crippen molar-refractivity contribution in [1.82, 2.24) is 0 Å².